The van der Waals surface area contributed by atoms with Crippen LogP contribution in [0.5, 0.6) is 5.75 Å². The Kier molecular flexibility index (Phi) is 11.1. The number of hydrogen-bond acceptors (Lipinski definition) is 6. The highest BCUT2D eigenvalue weighted by molar-refractivity contribution is 7.90. The van der Waals surface area contributed by atoms with Crippen molar-refractivity contribution in [2.75, 3.05) is 39.5 Å². The zero-order valence-electron chi connectivity index (χ0n) is 25.4. The first-order valence-corrected chi connectivity index (χ1v) is 16.8. The average molecular weight is 640 g/mol. The molecule has 10 heteroatoms. The summed E-state index contributed by atoms with van der Waals surface area (Å²) >= 11 is 0. The van der Waals surface area contributed by atoms with Crippen molar-refractivity contribution in [2.24, 2.45) is 5.41 Å². The Morgan fingerprint density at radius 3 is 2.27 bits per heavy atom. The van der Waals surface area contributed by atoms with Crippen LogP contribution in [0.1, 0.15) is 48.4 Å². The molecule has 2 fully saturated rings. The van der Waals surface area contributed by atoms with Crippen LogP contribution in [0.2, 0.25) is 0 Å². The maximum absolute atomic E-state index is 13.5. The van der Waals surface area contributed by atoms with Crippen LogP contribution in [0, 0.1) is 5.41 Å². The predicted molar refractivity (Wildman–Crippen MR) is 174 cm³/mol. The van der Waals surface area contributed by atoms with E-state index in [-0.39, 0.29) is 42.1 Å². The Hall–Kier alpha value is -3.40. The number of carbonyl (C=O) groups excluding carboxylic acids is 2. The van der Waals surface area contributed by atoms with Crippen molar-refractivity contribution in [1.29, 1.82) is 0 Å². The molecule has 0 aliphatic carbocycles. The first-order valence-electron chi connectivity index (χ1n) is 14.9. The lowest BCUT2D eigenvalue weighted by Gasteiger charge is -2.38. The fraction of sp³-hybridized carbons (Fsp3) is 0.412. The number of piperidine rings is 1. The number of benzene rings is 3. The number of carbonyl (C=O) groups is 2. The Labute approximate surface area is 267 Å². The van der Waals surface area contributed by atoms with Crippen LogP contribution in [-0.4, -0.2) is 69.6 Å². The molecule has 2 heterocycles. The summed E-state index contributed by atoms with van der Waals surface area (Å²) in [7, 11) is -1.62. The highest BCUT2D eigenvalue weighted by atomic mass is 35.5. The molecule has 44 heavy (non-hydrogen) atoms. The molecule has 2 aliphatic heterocycles. The van der Waals surface area contributed by atoms with E-state index in [1.807, 2.05) is 47.4 Å². The average Bonchev–Trinajstić information content (AvgIpc) is 3.30. The largest absolute Gasteiger partial charge is 0.497 e. The van der Waals surface area contributed by atoms with Gasteiger partial charge in [0.2, 0.25) is 11.8 Å². The molecular formula is C34H42ClN3O5S. The Bertz CT molecular complexity index is 1520. The van der Waals surface area contributed by atoms with Gasteiger partial charge < -0.3 is 19.9 Å². The molecule has 2 aliphatic rings. The zero-order valence-corrected chi connectivity index (χ0v) is 27.0. The number of halogens is 1. The van der Waals surface area contributed by atoms with Gasteiger partial charge in [0.25, 0.3) is 0 Å². The molecule has 2 amide bonds. The second-order valence-electron chi connectivity index (χ2n) is 11.9. The van der Waals surface area contributed by atoms with E-state index < -0.39 is 9.84 Å². The number of nitrogens with zero attached hydrogens (tertiary/aromatic N) is 2. The molecular weight excluding hydrogens is 598 g/mol. The third-order valence-corrected chi connectivity index (χ3v) is 10.0. The van der Waals surface area contributed by atoms with E-state index in [0.29, 0.717) is 11.4 Å². The number of rotatable bonds is 11. The molecule has 5 rings (SSSR count). The number of sulfone groups is 1. The molecule has 236 valence electrons. The Morgan fingerprint density at radius 1 is 0.932 bits per heavy atom. The summed E-state index contributed by atoms with van der Waals surface area (Å²) in [5, 5.41) is 3.25. The minimum atomic E-state index is -3.24. The van der Waals surface area contributed by atoms with Gasteiger partial charge in [-0.15, -0.1) is 12.4 Å². The summed E-state index contributed by atoms with van der Waals surface area (Å²) in [5.74, 6) is 0.925. The summed E-state index contributed by atoms with van der Waals surface area (Å²) in [6.45, 7) is 3.76. The molecule has 3 aromatic rings. The third-order valence-electron chi connectivity index (χ3n) is 8.91. The van der Waals surface area contributed by atoms with Gasteiger partial charge in [-0.1, -0.05) is 54.6 Å². The Morgan fingerprint density at radius 2 is 1.61 bits per heavy atom. The second-order valence-corrected chi connectivity index (χ2v) is 13.9. The number of ether oxygens (including phenoxy) is 1. The number of nitrogens with one attached hydrogen (secondary N) is 1. The van der Waals surface area contributed by atoms with E-state index in [1.165, 1.54) is 6.26 Å². The second kappa shape index (κ2) is 14.6. The molecule has 0 bridgehead atoms. The van der Waals surface area contributed by atoms with Crippen LogP contribution in [0.4, 0.5) is 0 Å². The molecule has 1 spiro atoms. The first kappa shape index (κ1) is 33.5. The van der Waals surface area contributed by atoms with E-state index in [0.717, 1.165) is 74.3 Å². The fourth-order valence-corrected chi connectivity index (χ4v) is 6.94. The molecule has 1 unspecified atom stereocenters. The van der Waals surface area contributed by atoms with E-state index in [4.69, 9.17) is 4.74 Å². The molecule has 3 aromatic carbocycles. The summed E-state index contributed by atoms with van der Waals surface area (Å²) < 4.78 is 28.8. The van der Waals surface area contributed by atoms with Gasteiger partial charge in [-0.25, -0.2) is 8.42 Å². The number of amides is 2. The standard InChI is InChI=1S/C34H41N3O5S.ClH/c1-42-29-10-6-7-27(23-29)24-32(38)35-31(28-8-4-3-5-9-28)15-19-36-20-16-34(17-21-36)18-22-37(33(34)39)25-26-11-13-30(14-12-26)43(2,40)41;/h3-14,23,31H,15-22,24-25H2,1-2H3,(H,35,38);1H. The van der Waals surface area contributed by atoms with Crippen LogP contribution in [-0.2, 0) is 32.4 Å². The van der Waals surface area contributed by atoms with Crippen molar-refractivity contribution in [2.45, 2.75) is 49.6 Å². The van der Waals surface area contributed by atoms with Gasteiger partial charge in [-0.2, -0.15) is 0 Å². The number of hydrogen-bond donors (Lipinski definition) is 1. The van der Waals surface area contributed by atoms with E-state index in [9.17, 15) is 18.0 Å². The van der Waals surface area contributed by atoms with Crippen LogP contribution >= 0.6 is 12.4 Å². The van der Waals surface area contributed by atoms with Gasteiger partial charge in [-0.3, -0.25) is 9.59 Å². The first-order chi connectivity index (χ1) is 20.6. The minimum Gasteiger partial charge on any atom is -0.497 e. The molecule has 0 radical (unpaired) electrons. The maximum atomic E-state index is 13.5. The molecule has 0 aromatic heterocycles. The maximum Gasteiger partial charge on any atom is 0.229 e. The lowest BCUT2D eigenvalue weighted by molar-refractivity contribution is -0.139. The van der Waals surface area contributed by atoms with Crippen molar-refractivity contribution < 1.29 is 22.7 Å². The van der Waals surface area contributed by atoms with Crippen LogP contribution in [0.25, 0.3) is 0 Å². The molecule has 0 saturated carbocycles. The quantitative estimate of drug-likeness (QED) is 0.323. The van der Waals surface area contributed by atoms with Gasteiger partial charge in [-0.05, 0) is 79.7 Å². The van der Waals surface area contributed by atoms with Crippen molar-refractivity contribution in [3.63, 3.8) is 0 Å². The Balaban J connectivity index is 0.00000442. The van der Waals surface area contributed by atoms with Gasteiger partial charge in [0.1, 0.15) is 5.75 Å². The van der Waals surface area contributed by atoms with Crippen molar-refractivity contribution in [3.05, 3.63) is 95.6 Å². The van der Waals surface area contributed by atoms with Crippen LogP contribution < -0.4 is 10.1 Å². The summed E-state index contributed by atoms with van der Waals surface area (Å²) in [5.41, 5.74) is 2.62. The molecule has 2 saturated heterocycles. The molecule has 1 atom stereocenters. The van der Waals surface area contributed by atoms with Crippen LogP contribution in [0.15, 0.2) is 83.8 Å². The lowest BCUT2D eigenvalue weighted by Crippen LogP contribution is -2.45. The SMILES string of the molecule is COc1cccc(CC(=O)NC(CCN2CCC3(CC2)CCN(Cc2ccc(S(C)(=O)=O)cc2)C3=O)c2ccccc2)c1.Cl. The smallest absolute Gasteiger partial charge is 0.229 e. The van der Waals surface area contributed by atoms with Crippen LogP contribution in [0.3, 0.4) is 0 Å². The topological polar surface area (TPSA) is 96.0 Å². The van der Waals surface area contributed by atoms with Gasteiger partial charge in [0, 0.05) is 25.9 Å². The van der Waals surface area contributed by atoms with Crippen molar-refractivity contribution in [3.8, 4) is 5.75 Å². The number of methoxy groups -OCH3 is 1. The summed E-state index contributed by atoms with van der Waals surface area (Å²) in [6, 6.07) is 24.4. The van der Waals surface area contributed by atoms with Gasteiger partial charge in [0.05, 0.1) is 29.9 Å². The number of likely N-dealkylation sites (tertiary alicyclic amines) is 2. The highest BCUT2D eigenvalue weighted by Gasteiger charge is 2.47. The predicted octanol–water partition coefficient (Wildman–Crippen LogP) is 4.83. The fourth-order valence-electron chi connectivity index (χ4n) is 6.31. The summed E-state index contributed by atoms with van der Waals surface area (Å²) in [4.78, 5) is 31.2. The normalized spacial score (nSPS) is 17.2. The van der Waals surface area contributed by atoms with Gasteiger partial charge in [0.15, 0.2) is 9.84 Å². The monoisotopic (exact) mass is 639 g/mol. The van der Waals surface area contributed by atoms with E-state index >= 15 is 0 Å². The third kappa shape index (κ3) is 8.20. The zero-order chi connectivity index (χ0) is 30.5. The molecule has 8 nitrogen and oxygen atoms in total. The summed E-state index contributed by atoms with van der Waals surface area (Å²) in [6.07, 6.45) is 4.77. The minimum absolute atomic E-state index is 0. The van der Waals surface area contributed by atoms with Gasteiger partial charge >= 0.3 is 0 Å². The van der Waals surface area contributed by atoms with E-state index in [1.54, 1.807) is 31.4 Å². The molecule has 1 N–H and O–H groups in total. The van der Waals surface area contributed by atoms with Crippen molar-refractivity contribution >= 4 is 34.1 Å². The van der Waals surface area contributed by atoms with E-state index in [2.05, 4.69) is 22.3 Å². The highest BCUT2D eigenvalue weighted by Crippen LogP contribution is 2.42. The lowest BCUT2D eigenvalue weighted by atomic mass is 9.77. The van der Waals surface area contributed by atoms with Crippen molar-refractivity contribution in [1.82, 2.24) is 15.1 Å².